The third kappa shape index (κ3) is 5.46. The van der Waals surface area contributed by atoms with Crippen LogP contribution in [0.25, 0.3) is 0 Å². The predicted molar refractivity (Wildman–Crippen MR) is 119 cm³/mol. The smallest absolute Gasteiger partial charge is 0.255 e. The third-order valence-electron chi connectivity index (χ3n) is 4.21. The van der Waals surface area contributed by atoms with E-state index in [1.807, 2.05) is 72.8 Å². The Bertz CT molecular complexity index is 1100. The number of aromatic nitrogens is 2. The lowest BCUT2D eigenvalue weighted by atomic mass is 10.1. The monoisotopic (exact) mass is 413 g/mol. The molecular formula is C24H19N3O2S. The van der Waals surface area contributed by atoms with Crippen LogP contribution in [0.2, 0.25) is 0 Å². The van der Waals surface area contributed by atoms with Crippen molar-refractivity contribution in [2.45, 2.75) is 10.8 Å². The lowest BCUT2D eigenvalue weighted by Crippen LogP contribution is -2.12. The first-order valence-electron chi connectivity index (χ1n) is 9.38. The number of thioether (sulfide) groups is 1. The summed E-state index contributed by atoms with van der Waals surface area (Å²) in [6.45, 7) is 0. The highest BCUT2D eigenvalue weighted by molar-refractivity contribution is 7.98. The summed E-state index contributed by atoms with van der Waals surface area (Å²) in [4.78, 5) is 21.0. The summed E-state index contributed by atoms with van der Waals surface area (Å²) < 4.78 is 5.78. The van der Waals surface area contributed by atoms with Gasteiger partial charge >= 0.3 is 0 Å². The summed E-state index contributed by atoms with van der Waals surface area (Å²) in [5.41, 5.74) is 2.36. The Labute approximate surface area is 179 Å². The van der Waals surface area contributed by atoms with Crippen LogP contribution in [0.5, 0.6) is 11.5 Å². The number of anilines is 1. The van der Waals surface area contributed by atoms with Crippen molar-refractivity contribution in [2.24, 2.45) is 0 Å². The van der Waals surface area contributed by atoms with E-state index in [4.69, 9.17) is 4.74 Å². The van der Waals surface area contributed by atoms with Crippen LogP contribution in [0.15, 0.2) is 102 Å². The Morgan fingerprint density at radius 3 is 2.47 bits per heavy atom. The molecule has 1 N–H and O–H groups in total. The maximum Gasteiger partial charge on any atom is 0.255 e. The molecule has 1 aromatic heterocycles. The molecule has 1 amide bonds. The van der Waals surface area contributed by atoms with Crippen molar-refractivity contribution >= 4 is 23.4 Å². The van der Waals surface area contributed by atoms with Crippen LogP contribution in [-0.4, -0.2) is 15.9 Å². The third-order valence-corrected chi connectivity index (χ3v) is 5.19. The number of ether oxygens (including phenoxy) is 1. The molecule has 6 heteroatoms. The molecule has 0 aliphatic rings. The highest BCUT2D eigenvalue weighted by Gasteiger charge is 2.08. The molecule has 0 aliphatic heterocycles. The minimum Gasteiger partial charge on any atom is -0.457 e. The van der Waals surface area contributed by atoms with Crippen molar-refractivity contribution < 1.29 is 9.53 Å². The van der Waals surface area contributed by atoms with Gasteiger partial charge in [-0.1, -0.05) is 30.3 Å². The molecule has 0 radical (unpaired) electrons. The molecule has 0 unspecified atom stereocenters. The quantitative estimate of drug-likeness (QED) is 0.387. The fraction of sp³-hybridized carbons (Fsp3) is 0.0417. The molecule has 30 heavy (non-hydrogen) atoms. The molecule has 0 atom stereocenters. The Hall–Kier alpha value is -3.64. The van der Waals surface area contributed by atoms with E-state index < -0.39 is 0 Å². The fourth-order valence-corrected chi connectivity index (χ4v) is 3.52. The van der Waals surface area contributed by atoms with Gasteiger partial charge in [-0.25, -0.2) is 4.98 Å². The normalized spacial score (nSPS) is 10.4. The number of nitrogens with zero attached hydrogens (tertiary/aromatic N) is 2. The van der Waals surface area contributed by atoms with E-state index in [0.29, 0.717) is 22.8 Å². The average molecular weight is 414 g/mol. The maximum absolute atomic E-state index is 12.6. The minimum atomic E-state index is -0.155. The number of benzene rings is 3. The van der Waals surface area contributed by atoms with E-state index in [2.05, 4.69) is 15.3 Å². The summed E-state index contributed by atoms with van der Waals surface area (Å²) in [6.07, 6.45) is 5.05. The largest absolute Gasteiger partial charge is 0.457 e. The zero-order valence-corrected chi connectivity index (χ0v) is 16.9. The molecule has 1 heterocycles. The van der Waals surface area contributed by atoms with Gasteiger partial charge in [0.1, 0.15) is 16.5 Å². The summed E-state index contributed by atoms with van der Waals surface area (Å²) in [7, 11) is 0. The van der Waals surface area contributed by atoms with Crippen LogP contribution < -0.4 is 10.1 Å². The lowest BCUT2D eigenvalue weighted by molar-refractivity contribution is 0.102. The second-order valence-electron chi connectivity index (χ2n) is 6.43. The number of carbonyl (C=O) groups is 1. The van der Waals surface area contributed by atoms with Gasteiger partial charge < -0.3 is 10.1 Å². The zero-order valence-electron chi connectivity index (χ0n) is 16.1. The predicted octanol–water partition coefficient (Wildman–Crippen LogP) is 5.81. The van der Waals surface area contributed by atoms with Gasteiger partial charge in [-0.2, -0.15) is 0 Å². The van der Waals surface area contributed by atoms with Gasteiger partial charge in [-0.05, 0) is 54.1 Å². The average Bonchev–Trinajstić information content (AvgIpc) is 2.80. The Balaban J connectivity index is 1.36. The first-order valence-corrected chi connectivity index (χ1v) is 10.4. The van der Waals surface area contributed by atoms with Crippen LogP contribution in [0.4, 0.5) is 5.69 Å². The van der Waals surface area contributed by atoms with Crippen molar-refractivity contribution in [3.63, 3.8) is 0 Å². The number of nitrogens with one attached hydrogen (secondary N) is 1. The molecule has 0 fully saturated rings. The van der Waals surface area contributed by atoms with Gasteiger partial charge in [0.2, 0.25) is 0 Å². The highest BCUT2D eigenvalue weighted by Crippen LogP contribution is 2.23. The second kappa shape index (κ2) is 9.71. The Morgan fingerprint density at radius 2 is 1.70 bits per heavy atom. The molecular weight excluding hydrogens is 394 g/mol. The number of rotatable bonds is 7. The maximum atomic E-state index is 12.6. The highest BCUT2D eigenvalue weighted by atomic mass is 32.2. The zero-order chi connectivity index (χ0) is 20.6. The fourth-order valence-electron chi connectivity index (χ4n) is 2.75. The van der Waals surface area contributed by atoms with Crippen molar-refractivity contribution in [3.05, 3.63) is 109 Å². The molecule has 0 aliphatic carbocycles. The second-order valence-corrected chi connectivity index (χ2v) is 7.42. The van der Waals surface area contributed by atoms with E-state index in [9.17, 15) is 4.79 Å². The summed E-state index contributed by atoms with van der Waals surface area (Å²) in [5.74, 6) is 2.04. The standard InChI is InChI=1S/C24H19N3O2S/c28-24(19-6-4-5-18(15-19)17-30-23-16-25-13-14-26-23)27-20-9-11-22(12-10-20)29-21-7-2-1-3-8-21/h1-16H,17H2,(H,27,28). The number of para-hydroxylation sites is 1. The molecule has 4 aromatic rings. The summed E-state index contributed by atoms with van der Waals surface area (Å²) >= 11 is 1.58. The number of carbonyl (C=O) groups excluding carboxylic acids is 1. The van der Waals surface area contributed by atoms with E-state index in [-0.39, 0.29) is 5.91 Å². The van der Waals surface area contributed by atoms with Crippen molar-refractivity contribution in [2.75, 3.05) is 5.32 Å². The lowest BCUT2D eigenvalue weighted by Gasteiger charge is -2.09. The van der Waals surface area contributed by atoms with Crippen molar-refractivity contribution in [1.29, 1.82) is 0 Å². The molecule has 4 rings (SSSR count). The van der Waals surface area contributed by atoms with Crippen molar-refractivity contribution in [3.8, 4) is 11.5 Å². The minimum absolute atomic E-state index is 0.155. The Kier molecular flexibility index (Phi) is 6.37. The first-order chi connectivity index (χ1) is 14.8. The molecule has 0 saturated carbocycles. The molecule has 3 aromatic carbocycles. The van der Waals surface area contributed by atoms with Gasteiger partial charge in [-0.15, -0.1) is 11.8 Å². The van der Waals surface area contributed by atoms with Gasteiger partial charge in [-0.3, -0.25) is 9.78 Å². The number of amides is 1. The molecule has 0 saturated heterocycles. The van der Waals surface area contributed by atoms with Gasteiger partial charge in [0.05, 0.1) is 6.20 Å². The van der Waals surface area contributed by atoms with Crippen LogP contribution >= 0.6 is 11.8 Å². The van der Waals surface area contributed by atoms with Gasteiger partial charge in [0.15, 0.2) is 0 Å². The van der Waals surface area contributed by atoms with Crippen molar-refractivity contribution in [1.82, 2.24) is 9.97 Å². The van der Waals surface area contributed by atoms with Crippen LogP contribution in [0.3, 0.4) is 0 Å². The first kappa shape index (κ1) is 19.7. The van der Waals surface area contributed by atoms with E-state index in [1.165, 1.54) is 0 Å². The molecule has 0 spiro atoms. The topological polar surface area (TPSA) is 64.1 Å². The van der Waals surface area contributed by atoms with E-state index in [0.717, 1.165) is 16.3 Å². The van der Waals surface area contributed by atoms with Crippen LogP contribution in [0, 0.1) is 0 Å². The van der Waals surface area contributed by atoms with E-state index >= 15 is 0 Å². The van der Waals surface area contributed by atoms with Gasteiger partial charge in [0.25, 0.3) is 5.91 Å². The SMILES string of the molecule is O=C(Nc1ccc(Oc2ccccc2)cc1)c1cccc(CSc2cnccn2)c1. The summed E-state index contributed by atoms with van der Waals surface area (Å²) in [6, 6.07) is 24.5. The summed E-state index contributed by atoms with van der Waals surface area (Å²) in [5, 5.41) is 3.78. The Morgan fingerprint density at radius 1 is 0.900 bits per heavy atom. The van der Waals surface area contributed by atoms with Crippen LogP contribution in [-0.2, 0) is 5.75 Å². The van der Waals surface area contributed by atoms with Crippen LogP contribution in [0.1, 0.15) is 15.9 Å². The molecule has 5 nitrogen and oxygen atoms in total. The number of hydrogen-bond donors (Lipinski definition) is 1. The molecule has 148 valence electrons. The van der Waals surface area contributed by atoms with E-state index in [1.54, 1.807) is 36.4 Å². The molecule has 0 bridgehead atoms. The number of hydrogen-bond acceptors (Lipinski definition) is 5. The van der Waals surface area contributed by atoms with Gasteiger partial charge in [0, 0.05) is 29.4 Å².